The maximum Gasteiger partial charge on any atom is 0.261 e. The fraction of sp³-hybridized carbons (Fsp3) is 0.450. The Kier molecular flexibility index (Phi) is 6.33. The molecule has 8 nitrogen and oxygen atoms in total. The van der Waals surface area contributed by atoms with E-state index >= 15 is 0 Å². The van der Waals surface area contributed by atoms with Crippen molar-refractivity contribution in [1.29, 1.82) is 0 Å². The second-order valence-electron chi connectivity index (χ2n) is 7.79. The maximum atomic E-state index is 12.5. The van der Waals surface area contributed by atoms with Gasteiger partial charge in [-0.05, 0) is 52.8 Å². The molecule has 0 radical (unpaired) electrons. The summed E-state index contributed by atoms with van der Waals surface area (Å²) in [5.74, 6) is -0.158. The fourth-order valence-electron chi connectivity index (χ4n) is 2.61. The van der Waals surface area contributed by atoms with Crippen molar-refractivity contribution >= 4 is 22.7 Å². The molecule has 0 unspecified atom stereocenters. The van der Waals surface area contributed by atoms with Crippen LogP contribution in [0.4, 0.5) is 0 Å². The molecular formula is C20H27N3O5. The van der Waals surface area contributed by atoms with Crippen LogP contribution >= 0.6 is 0 Å². The SMILES string of the molecule is COc1ccc2cc(C(=O)NC(C)(C)C)c(=O)[nH]c2c1OCC(=O)NC(C)C. The first-order valence-electron chi connectivity index (χ1n) is 9.00. The van der Waals surface area contributed by atoms with E-state index < -0.39 is 17.0 Å². The first-order chi connectivity index (χ1) is 13.0. The molecule has 2 amide bonds. The van der Waals surface area contributed by atoms with Gasteiger partial charge in [0.2, 0.25) is 0 Å². The highest BCUT2D eigenvalue weighted by molar-refractivity contribution is 5.99. The zero-order chi connectivity index (χ0) is 21.1. The Morgan fingerprint density at radius 2 is 1.89 bits per heavy atom. The minimum Gasteiger partial charge on any atom is -0.493 e. The van der Waals surface area contributed by atoms with Gasteiger partial charge in [-0.3, -0.25) is 14.4 Å². The van der Waals surface area contributed by atoms with Gasteiger partial charge in [0.15, 0.2) is 18.1 Å². The number of carbonyl (C=O) groups is 2. The zero-order valence-electron chi connectivity index (χ0n) is 17.1. The van der Waals surface area contributed by atoms with Crippen LogP contribution < -0.4 is 25.7 Å². The standard InChI is InChI=1S/C20H27N3O5/c1-11(2)21-15(24)10-28-17-14(27-6)8-7-12-9-13(18(25)22-16(12)17)19(26)23-20(3,4)5/h7-9,11H,10H2,1-6H3,(H,21,24)(H,22,25)(H,23,26). The summed E-state index contributed by atoms with van der Waals surface area (Å²) >= 11 is 0. The second kappa shape index (κ2) is 8.33. The highest BCUT2D eigenvalue weighted by Crippen LogP contribution is 2.34. The van der Waals surface area contributed by atoms with Crippen molar-refractivity contribution in [2.45, 2.75) is 46.2 Å². The number of aromatic nitrogens is 1. The molecule has 2 rings (SSSR count). The van der Waals surface area contributed by atoms with Gasteiger partial charge in [-0.1, -0.05) is 0 Å². The smallest absolute Gasteiger partial charge is 0.261 e. The third-order valence-corrected chi connectivity index (χ3v) is 3.69. The maximum absolute atomic E-state index is 12.5. The van der Waals surface area contributed by atoms with E-state index in [9.17, 15) is 14.4 Å². The summed E-state index contributed by atoms with van der Waals surface area (Å²) in [6.07, 6.45) is 0. The molecule has 152 valence electrons. The summed E-state index contributed by atoms with van der Waals surface area (Å²) in [5.41, 5.74) is -0.680. The van der Waals surface area contributed by atoms with Gasteiger partial charge in [-0.2, -0.15) is 0 Å². The van der Waals surface area contributed by atoms with Gasteiger partial charge in [-0.25, -0.2) is 0 Å². The van der Waals surface area contributed by atoms with E-state index in [4.69, 9.17) is 9.47 Å². The molecule has 0 saturated carbocycles. The van der Waals surface area contributed by atoms with E-state index in [1.807, 2.05) is 34.6 Å². The third kappa shape index (κ3) is 5.25. The number of nitrogens with one attached hydrogen (secondary N) is 3. The largest absolute Gasteiger partial charge is 0.493 e. The van der Waals surface area contributed by atoms with Crippen LogP contribution in [0.5, 0.6) is 11.5 Å². The molecule has 0 bridgehead atoms. The Morgan fingerprint density at radius 3 is 2.46 bits per heavy atom. The lowest BCUT2D eigenvalue weighted by atomic mass is 10.1. The van der Waals surface area contributed by atoms with Crippen molar-refractivity contribution in [3.8, 4) is 11.5 Å². The number of methoxy groups -OCH3 is 1. The van der Waals surface area contributed by atoms with Crippen molar-refractivity contribution in [2.75, 3.05) is 13.7 Å². The number of pyridine rings is 1. The molecule has 1 aromatic carbocycles. The van der Waals surface area contributed by atoms with Crippen LogP contribution in [-0.2, 0) is 4.79 Å². The van der Waals surface area contributed by atoms with E-state index in [0.717, 1.165) is 0 Å². The summed E-state index contributed by atoms with van der Waals surface area (Å²) in [5, 5.41) is 6.08. The molecule has 8 heteroatoms. The number of benzene rings is 1. The van der Waals surface area contributed by atoms with E-state index in [2.05, 4.69) is 15.6 Å². The van der Waals surface area contributed by atoms with Crippen molar-refractivity contribution in [3.05, 3.63) is 34.1 Å². The number of rotatable bonds is 6. The molecule has 1 aromatic heterocycles. The number of hydrogen-bond donors (Lipinski definition) is 3. The van der Waals surface area contributed by atoms with Crippen LogP contribution in [0.25, 0.3) is 10.9 Å². The Labute approximate surface area is 163 Å². The molecule has 0 spiro atoms. The van der Waals surface area contributed by atoms with Crippen LogP contribution in [0.2, 0.25) is 0 Å². The minimum atomic E-state index is -0.556. The van der Waals surface area contributed by atoms with Gasteiger partial charge in [0.25, 0.3) is 17.4 Å². The molecule has 0 aliphatic carbocycles. The Bertz CT molecular complexity index is 941. The fourth-order valence-corrected chi connectivity index (χ4v) is 2.61. The van der Waals surface area contributed by atoms with Crippen molar-refractivity contribution in [1.82, 2.24) is 15.6 Å². The van der Waals surface area contributed by atoms with Gasteiger partial charge >= 0.3 is 0 Å². The molecular weight excluding hydrogens is 362 g/mol. The van der Waals surface area contributed by atoms with Crippen molar-refractivity contribution in [3.63, 3.8) is 0 Å². The number of amides is 2. The Balaban J connectivity index is 2.44. The molecule has 0 fully saturated rings. The minimum absolute atomic E-state index is 0.00362. The van der Waals surface area contributed by atoms with Gasteiger partial charge in [-0.15, -0.1) is 0 Å². The molecule has 3 N–H and O–H groups in total. The van der Waals surface area contributed by atoms with Crippen LogP contribution in [-0.4, -0.2) is 42.1 Å². The number of carbonyl (C=O) groups excluding carboxylic acids is 2. The molecule has 0 aliphatic heterocycles. The number of H-pyrrole nitrogens is 1. The predicted molar refractivity (Wildman–Crippen MR) is 107 cm³/mol. The second-order valence-corrected chi connectivity index (χ2v) is 7.79. The third-order valence-electron chi connectivity index (χ3n) is 3.69. The molecule has 0 saturated heterocycles. The van der Waals surface area contributed by atoms with Gasteiger partial charge in [0.05, 0.1) is 12.6 Å². The van der Waals surface area contributed by atoms with Crippen LogP contribution in [0.3, 0.4) is 0 Å². The zero-order valence-corrected chi connectivity index (χ0v) is 17.1. The lowest BCUT2D eigenvalue weighted by molar-refractivity contribution is -0.123. The van der Waals surface area contributed by atoms with E-state index in [1.165, 1.54) is 13.2 Å². The van der Waals surface area contributed by atoms with Gasteiger partial charge in [0, 0.05) is 17.0 Å². The first-order valence-corrected chi connectivity index (χ1v) is 9.00. The Hall–Kier alpha value is -3.03. The quantitative estimate of drug-likeness (QED) is 0.700. The lowest BCUT2D eigenvalue weighted by Crippen LogP contribution is -2.42. The number of ether oxygens (including phenoxy) is 2. The summed E-state index contributed by atoms with van der Waals surface area (Å²) < 4.78 is 10.9. The van der Waals surface area contributed by atoms with Crippen LogP contribution in [0.15, 0.2) is 23.0 Å². The molecule has 28 heavy (non-hydrogen) atoms. The summed E-state index contributed by atoms with van der Waals surface area (Å²) in [6, 6.07) is 4.84. The predicted octanol–water partition coefficient (Wildman–Crippen LogP) is 1.97. The lowest BCUT2D eigenvalue weighted by Gasteiger charge is -2.20. The normalized spacial score (nSPS) is 11.4. The van der Waals surface area contributed by atoms with E-state index in [-0.39, 0.29) is 29.9 Å². The van der Waals surface area contributed by atoms with Crippen LogP contribution in [0, 0.1) is 0 Å². The summed E-state index contributed by atoms with van der Waals surface area (Å²) in [4.78, 5) is 39.5. The summed E-state index contributed by atoms with van der Waals surface area (Å²) in [6.45, 7) is 8.95. The first kappa shape index (κ1) is 21.3. The van der Waals surface area contributed by atoms with Gasteiger partial charge < -0.3 is 25.1 Å². The van der Waals surface area contributed by atoms with Gasteiger partial charge in [0.1, 0.15) is 5.56 Å². The number of fused-ring (bicyclic) bond motifs is 1. The molecule has 0 aliphatic rings. The van der Waals surface area contributed by atoms with Crippen LogP contribution in [0.1, 0.15) is 45.0 Å². The Morgan fingerprint density at radius 1 is 1.21 bits per heavy atom. The summed E-state index contributed by atoms with van der Waals surface area (Å²) in [7, 11) is 1.46. The average molecular weight is 389 g/mol. The van der Waals surface area contributed by atoms with Crippen molar-refractivity contribution in [2.24, 2.45) is 0 Å². The highest BCUT2D eigenvalue weighted by atomic mass is 16.5. The average Bonchev–Trinajstić information content (AvgIpc) is 2.56. The number of aromatic amines is 1. The monoisotopic (exact) mass is 389 g/mol. The highest BCUT2D eigenvalue weighted by Gasteiger charge is 2.20. The van der Waals surface area contributed by atoms with Crippen molar-refractivity contribution < 1.29 is 19.1 Å². The molecule has 1 heterocycles. The molecule has 0 atom stereocenters. The number of hydrogen-bond acceptors (Lipinski definition) is 5. The van der Waals surface area contributed by atoms with E-state index in [0.29, 0.717) is 16.7 Å². The molecule has 2 aromatic rings. The van der Waals surface area contributed by atoms with E-state index in [1.54, 1.807) is 12.1 Å². The topological polar surface area (TPSA) is 110 Å².